The van der Waals surface area contributed by atoms with Gasteiger partial charge in [0.1, 0.15) is 11.5 Å². The zero-order valence-corrected chi connectivity index (χ0v) is 14.4. The lowest BCUT2D eigenvalue weighted by atomic mass is 10.1. The average molecular weight is 349 g/mol. The lowest BCUT2D eigenvalue weighted by Crippen LogP contribution is -2.22. The maximum atomic E-state index is 12.4. The van der Waals surface area contributed by atoms with Gasteiger partial charge in [0.2, 0.25) is 5.96 Å². The number of guanidine groups is 1. The first-order valence-electron chi connectivity index (χ1n) is 7.93. The van der Waals surface area contributed by atoms with Gasteiger partial charge in [0.15, 0.2) is 0 Å². The fourth-order valence-electron chi connectivity index (χ4n) is 2.46. The minimum Gasteiger partial charge on any atom is -0.369 e. The average Bonchev–Trinajstić information content (AvgIpc) is 3.03. The Hall–Kier alpha value is -3.68. The number of hydrogen-bond acceptors (Lipinski definition) is 4. The summed E-state index contributed by atoms with van der Waals surface area (Å²) in [5.41, 5.74) is 14.4. The molecule has 0 fully saturated rings. The van der Waals surface area contributed by atoms with Gasteiger partial charge in [0.25, 0.3) is 5.91 Å². The molecule has 0 saturated heterocycles. The lowest BCUT2D eigenvalue weighted by molar-refractivity contribution is 0.102. The summed E-state index contributed by atoms with van der Waals surface area (Å²) >= 11 is 0. The molecule has 0 aliphatic rings. The number of aromatic amines is 1. The maximum Gasteiger partial charge on any atom is 0.273 e. The zero-order valence-electron chi connectivity index (χ0n) is 14.4. The summed E-state index contributed by atoms with van der Waals surface area (Å²) in [4.78, 5) is 19.7. The summed E-state index contributed by atoms with van der Waals surface area (Å²) in [6.07, 6.45) is 1.65. The van der Waals surface area contributed by atoms with Crippen molar-refractivity contribution < 1.29 is 4.79 Å². The van der Waals surface area contributed by atoms with Crippen molar-refractivity contribution in [3.8, 4) is 0 Å². The minimum absolute atomic E-state index is 0.101. The van der Waals surface area contributed by atoms with Gasteiger partial charge in [-0.1, -0.05) is 6.07 Å². The number of nitrogens with zero attached hydrogens (tertiary/aromatic N) is 3. The molecule has 2 heterocycles. The highest BCUT2D eigenvalue weighted by Gasteiger charge is 2.11. The number of nitrogens with two attached hydrogens (primary N) is 2. The van der Waals surface area contributed by atoms with Crippen LogP contribution >= 0.6 is 0 Å². The number of benzene rings is 1. The van der Waals surface area contributed by atoms with Gasteiger partial charge in [0, 0.05) is 17.1 Å². The minimum atomic E-state index is -0.258. The number of hydrogen-bond donors (Lipinski definition) is 4. The van der Waals surface area contributed by atoms with E-state index in [4.69, 9.17) is 11.5 Å². The number of H-pyrrole nitrogens is 1. The van der Waals surface area contributed by atoms with Crippen LogP contribution in [0.15, 0.2) is 52.8 Å². The summed E-state index contributed by atoms with van der Waals surface area (Å²) in [6.45, 7) is 3.74. The molecule has 2 aromatic heterocycles. The lowest BCUT2D eigenvalue weighted by Gasteiger charge is -2.03. The van der Waals surface area contributed by atoms with Crippen LogP contribution in [0.4, 0.5) is 5.82 Å². The molecule has 1 aromatic carbocycles. The molecule has 8 nitrogen and oxygen atoms in total. The molecule has 8 heteroatoms. The summed E-state index contributed by atoms with van der Waals surface area (Å²) in [6, 6.07) is 11.1. The smallest absolute Gasteiger partial charge is 0.273 e. The topological polar surface area (TPSA) is 135 Å². The van der Waals surface area contributed by atoms with Crippen LogP contribution in [0.3, 0.4) is 0 Å². The van der Waals surface area contributed by atoms with Crippen molar-refractivity contribution >= 4 is 34.3 Å². The Morgan fingerprint density at radius 2 is 1.96 bits per heavy atom. The predicted octanol–water partition coefficient (Wildman–Crippen LogP) is 2.12. The van der Waals surface area contributed by atoms with Crippen LogP contribution < -0.4 is 16.8 Å². The van der Waals surface area contributed by atoms with Crippen LogP contribution in [0.1, 0.15) is 28.5 Å². The largest absolute Gasteiger partial charge is 0.369 e. The molecule has 0 radical (unpaired) electrons. The van der Waals surface area contributed by atoms with E-state index in [2.05, 4.69) is 25.5 Å². The number of anilines is 1. The molecule has 0 unspecified atom stereocenters. The highest BCUT2D eigenvalue weighted by Crippen LogP contribution is 2.19. The molecule has 0 aliphatic heterocycles. The summed E-state index contributed by atoms with van der Waals surface area (Å²) in [5, 5.41) is 11.3. The van der Waals surface area contributed by atoms with Gasteiger partial charge in [-0.25, -0.2) is 4.98 Å². The third kappa shape index (κ3) is 3.86. The molecule has 0 atom stereocenters. The van der Waals surface area contributed by atoms with Crippen molar-refractivity contribution in [1.29, 1.82) is 0 Å². The summed E-state index contributed by atoms with van der Waals surface area (Å²) < 4.78 is 0. The molecule has 0 saturated carbocycles. The van der Waals surface area contributed by atoms with Crippen molar-refractivity contribution in [2.24, 2.45) is 21.7 Å². The van der Waals surface area contributed by atoms with E-state index >= 15 is 0 Å². The van der Waals surface area contributed by atoms with E-state index in [-0.39, 0.29) is 11.9 Å². The van der Waals surface area contributed by atoms with E-state index in [0.717, 1.165) is 22.0 Å². The van der Waals surface area contributed by atoms with Gasteiger partial charge in [-0.3, -0.25) is 4.79 Å². The molecule has 1 amide bonds. The standard InChI is InChI=1S/C18H19N7O/c1-10-5-6-21-16(7-10)23-17(26)15-9-13-8-12(3-4-14(13)22-15)11(2)24-25-18(19)20/h3-9,22H,1-2H3,(H4,19,20,25)(H,21,23,26). The van der Waals surface area contributed by atoms with Crippen molar-refractivity contribution in [3.63, 3.8) is 0 Å². The molecule has 0 bridgehead atoms. The zero-order chi connectivity index (χ0) is 18.7. The quantitative estimate of drug-likeness (QED) is 0.326. The SMILES string of the molecule is CC(=NN=C(N)N)c1ccc2[nH]c(C(=O)Nc3cc(C)ccn3)cc2c1. The summed E-state index contributed by atoms with van der Waals surface area (Å²) in [5.74, 6) is 0.150. The molecule has 3 aromatic rings. The fraction of sp³-hybridized carbons (Fsp3) is 0.111. The number of carbonyl (C=O) groups is 1. The second-order valence-corrected chi connectivity index (χ2v) is 5.87. The first-order valence-corrected chi connectivity index (χ1v) is 7.93. The number of nitrogens with one attached hydrogen (secondary N) is 2. The van der Waals surface area contributed by atoms with E-state index in [9.17, 15) is 4.79 Å². The first-order chi connectivity index (χ1) is 12.4. The number of carbonyl (C=O) groups excluding carboxylic acids is 1. The fourth-order valence-corrected chi connectivity index (χ4v) is 2.46. The van der Waals surface area contributed by atoms with Crippen molar-refractivity contribution in [2.45, 2.75) is 13.8 Å². The van der Waals surface area contributed by atoms with Gasteiger partial charge in [-0.2, -0.15) is 5.10 Å². The Morgan fingerprint density at radius 1 is 1.15 bits per heavy atom. The van der Waals surface area contributed by atoms with Crippen LogP contribution in [0.5, 0.6) is 0 Å². The van der Waals surface area contributed by atoms with Crippen LogP contribution in [0.25, 0.3) is 10.9 Å². The third-order valence-electron chi connectivity index (χ3n) is 3.76. The molecule has 0 spiro atoms. The third-order valence-corrected chi connectivity index (χ3v) is 3.76. The molecule has 132 valence electrons. The van der Waals surface area contributed by atoms with E-state index in [1.54, 1.807) is 19.2 Å². The highest BCUT2D eigenvalue weighted by molar-refractivity contribution is 6.07. The first kappa shape index (κ1) is 17.2. The Balaban J connectivity index is 1.86. The Labute approximate surface area is 150 Å². The monoisotopic (exact) mass is 349 g/mol. The molecule has 6 N–H and O–H groups in total. The van der Waals surface area contributed by atoms with Crippen LogP contribution in [-0.4, -0.2) is 27.5 Å². The Bertz CT molecular complexity index is 1030. The Kier molecular flexibility index (Phi) is 4.66. The van der Waals surface area contributed by atoms with E-state index in [1.165, 1.54) is 0 Å². The molecule has 3 rings (SSSR count). The second kappa shape index (κ2) is 7.06. The van der Waals surface area contributed by atoms with Crippen molar-refractivity contribution in [3.05, 3.63) is 59.4 Å². The Morgan fingerprint density at radius 3 is 2.69 bits per heavy atom. The summed E-state index contributed by atoms with van der Waals surface area (Å²) in [7, 11) is 0. The van der Waals surface area contributed by atoms with Crippen molar-refractivity contribution in [2.75, 3.05) is 5.32 Å². The maximum absolute atomic E-state index is 12.4. The second-order valence-electron chi connectivity index (χ2n) is 5.87. The van der Waals surface area contributed by atoms with E-state index in [0.29, 0.717) is 17.2 Å². The van der Waals surface area contributed by atoms with Gasteiger partial charge < -0.3 is 21.8 Å². The molecule has 26 heavy (non-hydrogen) atoms. The number of aryl methyl sites for hydroxylation is 1. The van der Waals surface area contributed by atoms with Gasteiger partial charge in [-0.05, 0) is 55.3 Å². The molecular weight excluding hydrogens is 330 g/mol. The van der Waals surface area contributed by atoms with Gasteiger partial charge in [-0.15, -0.1) is 5.10 Å². The van der Waals surface area contributed by atoms with E-state index in [1.807, 2.05) is 37.3 Å². The van der Waals surface area contributed by atoms with Gasteiger partial charge >= 0.3 is 0 Å². The van der Waals surface area contributed by atoms with Gasteiger partial charge in [0.05, 0.1) is 5.71 Å². The number of aromatic nitrogens is 2. The van der Waals surface area contributed by atoms with Crippen molar-refractivity contribution in [1.82, 2.24) is 9.97 Å². The van der Waals surface area contributed by atoms with Crippen LogP contribution in [-0.2, 0) is 0 Å². The van der Waals surface area contributed by atoms with Crippen LogP contribution in [0.2, 0.25) is 0 Å². The number of rotatable bonds is 4. The van der Waals surface area contributed by atoms with Crippen LogP contribution in [0, 0.1) is 6.92 Å². The number of fused-ring (bicyclic) bond motifs is 1. The molecule has 0 aliphatic carbocycles. The normalized spacial score (nSPS) is 11.4. The van der Waals surface area contributed by atoms with E-state index < -0.39 is 0 Å². The molecular formula is C18H19N7O. The predicted molar refractivity (Wildman–Crippen MR) is 103 cm³/mol. The number of amides is 1. The highest BCUT2D eigenvalue weighted by atomic mass is 16.1. The number of pyridine rings is 1.